The smallest absolute Gasteiger partial charge is 0.410 e. The molecule has 11 nitrogen and oxygen atoms in total. The quantitative estimate of drug-likeness (QED) is 0.306. The lowest BCUT2D eigenvalue weighted by atomic mass is 10.1. The molecule has 2 aromatic carbocycles. The molecule has 0 atom stereocenters. The van der Waals surface area contributed by atoms with E-state index >= 15 is 0 Å². The molecule has 0 aliphatic carbocycles. The fourth-order valence-corrected chi connectivity index (χ4v) is 5.85. The summed E-state index contributed by atoms with van der Waals surface area (Å²) in [6.45, 7) is 14.5. The standard InChI is InChI=1S/C32H40N5O6/c1-7-35-24-18-23(28(38)33-14-16-34(17-15-33)31(41)43-32(4,5)6)26(42-9-3)19-25(24)36(8-2)27(35)20-37-29(39)21-12-10-11-13-22(21)30(37)40/h10-13,18-19H,7-9,14-17,20H2,1-6H3/q+1. The average Bonchev–Trinajstić information content (AvgIpc) is 3.41. The van der Waals surface area contributed by atoms with E-state index in [-0.39, 0.29) is 30.4 Å². The van der Waals surface area contributed by atoms with Crippen LogP contribution in [0.15, 0.2) is 36.4 Å². The first-order valence-corrected chi connectivity index (χ1v) is 14.9. The van der Waals surface area contributed by atoms with Crippen LogP contribution in [0.2, 0.25) is 0 Å². The maximum Gasteiger partial charge on any atom is 0.410 e. The topological polar surface area (TPSA) is 105 Å². The lowest BCUT2D eigenvalue weighted by Crippen LogP contribution is -2.51. The molecule has 1 aromatic heterocycles. The maximum atomic E-state index is 13.9. The minimum Gasteiger partial charge on any atom is -0.493 e. The predicted molar refractivity (Wildman–Crippen MR) is 159 cm³/mol. The van der Waals surface area contributed by atoms with Gasteiger partial charge in [0, 0.05) is 38.3 Å². The van der Waals surface area contributed by atoms with Crippen LogP contribution in [0.25, 0.3) is 11.0 Å². The van der Waals surface area contributed by atoms with E-state index in [2.05, 4.69) is 9.13 Å². The Morgan fingerprint density at radius 3 is 2.05 bits per heavy atom. The van der Waals surface area contributed by atoms with Crippen LogP contribution < -0.4 is 9.30 Å². The molecule has 4 amide bonds. The van der Waals surface area contributed by atoms with Crippen LogP contribution in [0.4, 0.5) is 4.79 Å². The van der Waals surface area contributed by atoms with Crippen LogP contribution in [0.5, 0.6) is 5.75 Å². The first-order valence-electron chi connectivity index (χ1n) is 14.9. The van der Waals surface area contributed by atoms with Crippen LogP contribution in [-0.4, -0.2) is 81.5 Å². The fraction of sp³-hybridized carbons (Fsp3) is 0.469. The lowest BCUT2D eigenvalue weighted by Gasteiger charge is -2.35. The van der Waals surface area contributed by atoms with Crippen LogP contribution in [-0.2, 0) is 24.4 Å². The second-order valence-electron chi connectivity index (χ2n) is 11.7. The van der Waals surface area contributed by atoms with E-state index in [9.17, 15) is 19.2 Å². The van der Waals surface area contributed by atoms with Gasteiger partial charge >= 0.3 is 6.09 Å². The third-order valence-electron chi connectivity index (χ3n) is 7.84. The molecule has 0 bridgehead atoms. The van der Waals surface area contributed by atoms with Crippen LogP contribution >= 0.6 is 0 Å². The monoisotopic (exact) mass is 590 g/mol. The molecule has 11 heteroatoms. The summed E-state index contributed by atoms with van der Waals surface area (Å²) in [5.41, 5.74) is 2.33. The summed E-state index contributed by atoms with van der Waals surface area (Å²) in [5, 5.41) is 0. The number of rotatable bonds is 7. The van der Waals surface area contributed by atoms with Gasteiger partial charge in [-0.05, 0) is 53.7 Å². The third-order valence-corrected chi connectivity index (χ3v) is 7.84. The molecule has 0 saturated carbocycles. The van der Waals surface area contributed by atoms with Crippen molar-refractivity contribution >= 4 is 34.8 Å². The van der Waals surface area contributed by atoms with E-state index in [4.69, 9.17) is 9.47 Å². The first kappa shape index (κ1) is 30.1. The predicted octanol–water partition coefficient (Wildman–Crippen LogP) is 3.86. The zero-order valence-corrected chi connectivity index (χ0v) is 25.8. The number of nitrogens with zero attached hydrogens (tertiary/aromatic N) is 5. The largest absolute Gasteiger partial charge is 0.493 e. The van der Waals surface area contributed by atoms with Gasteiger partial charge in [0.15, 0.2) is 11.0 Å². The van der Waals surface area contributed by atoms with Crippen molar-refractivity contribution in [3.05, 3.63) is 58.9 Å². The Labute approximate surface area is 251 Å². The van der Waals surface area contributed by atoms with Gasteiger partial charge in [-0.1, -0.05) is 12.1 Å². The number of carbonyl (C=O) groups is 4. The number of imide groups is 1. The molecule has 43 heavy (non-hydrogen) atoms. The highest BCUT2D eigenvalue weighted by Crippen LogP contribution is 2.30. The van der Waals surface area contributed by atoms with Crippen LogP contribution in [0.3, 0.4) is 0 Å². The first-order chi connectivity index (χ1) is 20.5. The molecule has 1 saturated heterocycles. The molecule has 228 valence electrons. The van der Waals surface area contributed by atoms with Gasteiger partial charge in [-0.25, -0.2) is 13.9 Å². The minimum absolute atomic E-state index is 0.0998. The molecule has 2 aliphatic heterocycles. The Kier molecular flexibility index (Phi) is 8.18. The summed E-state index contributed by atoms with van der Waals surface area (Å²) in [5.74, 6) is 0.452. The summed E-state index contributed by atoms with van der Waals surface area (Å²) < 4.78 is 15.6. The molecule has 0 N–H and O–H groups in total. The molecular weight excluding hydrogens is 550 g/mol. The Morgan fingerprint density at radius 2 is 1.51 bits per heavy atom. The van der Waals surface area contributed by atoms with E-state index in [0.717, 1.165) is 16.9 Å². The number of imidazole rings is 1. The summed E-state index contributed by atoms with van der Waals surface area (Å²) in [7, 11) is 0. The lowest BCUT2D eigenvalue weighted by molar-refractivity contribution is -0.677. The highest BCUT2D eigenvalue weighted by molar-refractivity contribution is 6.21. The summed E-state index contributed by atoms with van der Waals surface area (Å²) >= 11 is 0. The molecule has 5 rings (SSSR count). The van der Waals surface area contributed by atoms with Crippen molar-refractivity contribution in [1.82, 2.24) is 19.3 Å². The highest BCUT2D eigenvalue weighted by atomic mass is 16.6. The third kappa shape index (κ3) is 5.55. The van der Waals surface area contributed by atoms with Gasteiger partial charge in [0.05, 0.1) is 36.4 Å². The minimum atomic E-state index is -0.590. The number of benzene rings is 2. The Balaban J connectivity index is 1.47. The fourth-order valence-electron chi connectivity index (χ4n) is 5.85. The average molecular weight is 591 g/mol. The summed E-state index contributed by atoms with van der Waals surface area (Å²) in [6, 6.07) is 10.6. The van der Waals surface area contributed by atoms with Crippen molar-refractivity contribution in [1.29, 1.82) is 0 Å². The van der Waals surface area contributed by atoms with Crippen molar-refractivity contribution in [2.24, 2.45) is 0 Å². The molecule has 0 radical (unpaired) electrons. The maximum absolute atomic E-state index is 13.9. The molecule has 2 aliphatic rings. The Morgan fingerprint density at radius 1 is 0.907 bits per heavy atom. The number of amides is 4. The van der Waals surface area contributed by atoms with Crippen molar-refractivity contribution in [3.8, 4) is 5.75 Å². The molecule has 1 fully saturated rings. The number of hydrogen-bond acceptors (Lipinski definition) is 6. The van der Waals surface area contributed by atoms with E-state index in [1.165, 1.54) is 4.90 Å². The number of aromatic nitrogens is 2. The normalized spacial score (nSPS) is 15.3. The van der Waals surface area contributed by atoms with Gasteiger partial charge in [0.2, 0.25) is 0 Å². The van der Waals surface area contributed by atoms with Crippen molar-refractivity contribution in [2.45, 2.75) is 66.8 Å². The van der Waals surface area contributed by atoms with E-state index in [1.807, 2.05) is 53.7 Å². The van der Waals surface area contributed by atoms with Crippen LogP contribution in [0.1, 0.15) is 78.4 Å². The van der Waals surface area contributed by atoms with Crippen molar-refractivity contribution in [3.63, 3.8) is 0 Å². The number of ether oxygens (including phenoxy) is 2. The van der Waals surface area contributed by atoms with Gasteiger partial charge < -0.3 is 19.3 Å². The molecule has 0 spiro atoms. The number of piperazine rings is 1. The zero-order valence-electron chi connectivity index (χ0n) is 25.8. The number of carbonyl (C=O) groups excluding carboxylic acids is 4. The second kappa shape index (κ2) is 11.7. The van der Waals surface area contributed by atoms with Crippen molar-refractivity contribution in [2.75, 3.05) is 32.8 Å². The van der Waals surface area contributed by atoms with Crippen LogP contribution in [0, 0.1) is 0 Å². The second-order valence-corrected chi connectivity index (χ2v) is 11.7. The van der Waals surface area contributed by atoms with E-state index in [0.29, 0.717) is 68.3 Å². The number of aryl methyl sites for hydroxylation is 2. The summed E-state index contributed by atoms with van der Waals surface area (Å²) in [4.78, 5) is 57.5. The number of fused-ring (bicyclic) bond motifs is 2. The molecule has 3 aromatic rings. The van der Waals surface area contributed by atoms with Gasteiger partial charge in [0.1, 0.15) is 17.9 Å². The highest BCUT2D eigenvalue weighted by Gasteiger charge is 2.39. The Hall–Kier alpha value is -4.41. The number of hydrogen-bond donors (Lipinski definition) is 0. The van der Waals surface area contributed by atoms with Gasteiger partial charge in [0.25, 0.3) is 23.5 Å². The van der Waals surface area contributed by atoms with E-state index in [1.54, 1.807) is 34.1 Å². The SMILES string of the molecule is CCOc1cc2c(cc1C(=O)N1CCN(C(=O)OC(C)(C)C)CC1)[n+](CC)c(CN1C(=O)c3ccccc3C1=O)n2CC. The summed E-state index contributed by atoms with van der Waals surface area (Å²) in [6.07, 6.45) is -0.383. The van der Waals surface area contributed by atoms with Crippen molar-refractivity contribution < 1.29 is 33.2 Å². The molecule has 0 unspecified atom stereocenters. The van der Waals surface area contributed by atoms with E-state index < -0.39 is 5.60 Å². The van der Waals surface area contributed by atoms with Gasteiger partial charge in [-0.3, -0.25) is 19.3 Å². The molecule has 3 heterocycles. The zero-order chi connectivity index (χ0) is 31.1. The van der Waals surface area contributed by atoms with Gasteiger partial charge in [-0.15, -0.1) is 0 Å². The molecular formula is C32H40N5O6+. The Bertz CT molecular complexity index is 1560. The van der Waals surface area contributed by atoms with Gasteiger partial charge in [-0.2, -0.15) is 0 Å².